The fraction of sp³-hybridized carbons (Fsp3) is 0.280. The van der Waals surface area contributed by atoms with E-state index in [9.17, 15) is 4.79 Å². The van der Waals surface area contributed by atoms with Crippen molar-refractivity contribution in [1.82, 2.24) is 29.2 Å². The Morgan fingerprint density at radius 1 is 1.18 bits per heavy atom. The molecule has 9 heteroatoms. The molecule has 0 fully saturated rings. The molecular formula is C25H29N7O2. The number of anilines is 2. The number of benzene rings is 1. The van der Waals surface area contributed by atoms with Crippen LogP contribution in [-0.2, 0) is 6.54 Å². The van der Waals surface area contributed by atoms with E-state index in [4.69, 9.17) is 4.74 Å². The molecule has 0 amide bonds. The fourth-order valence-corrected chi connectivity index (χ4v) is 3.80. The molecule has 9 nitrogen and oxygen atoms in total. The smallest absolute Gasteiger partial charge is 0.278 e. The Bertz CT molecular complexity index is 1350. The van der Waals surface area contributed by atoms with Crippen molar-refractivity contribution >= 4 is 22.7 Å². The van der Waals surface area contributed by atoms with Crippen LogP contribution in [-0.4, -0.2) is 56.5 Å². The number of rotatable bonds is 9. The Morgan fingerprint density at radius 2 is 1.94 bits per heavy atom. The molecule has 34 heavy (non-hydrogen) atoms. The second-order valence-corrected chi connectivity index (χ2v) is 8.32. The molecule has 176 valence electrons. The summed E-state index contributed by atoms with van der Waals surface area (Å²) in [7, 11) is 4.04. The molecule has 0 unspecified atom stereocenters. The van der Waals surface area contributed by atoms with E-state index >= 15 is 0 Å². The van der Waals surface area contributed by atoms with Crippen molar-refractivity contribution in [3.63, 3.8) is 0 Å². The molecule has 4 aromatic rings. The van der Waals surface area contributed by atoms with Crippen LogP contribution in [0.5, 0.6) is 5.75 Å². The van der Waals surface area contributed by atoms with Crippen molar-refractivity contribution in [2.75, 3.05) is 32.6 Å². The number of hydrogen-bond acceptors (Lipinski definition) is 7. The van der Waals surface area contributed by atoms with Crippen LogP contribution in [0.15, 0.2) is 60.2 Å². The maximum atomic E-state index is 13.0. The van der Waals surface area contributed by atoms with Crippen LogP contribution in [0, 0.1) is 13.8 Å². The predicted molar refractivity (Wildman–Crippen MR) is 134 cm³/mol. The molecule has 0 spiro atoms. The number of hydrogen-bond donors (Lipinski definition) is 1. The predicted octanol–water partition coefficient (Wildman–Crippen LogP) is 3.46. The summed E-state index contributed by atoms with van der Waals surface area (Å²) in [5, 5.41) is 3.68. The number of likely N-dealkylation sites (N-methyl/N-ethyl adjacent to an activating group) is 1. The zero-order valence-electron chi connectivity index (χ0n) is 19.9. The van der Waals surface area contributed by atoms with Crippen LogP contribution < -0.4 is 15.6 Å². The van der Waals surface area contributed by atoms with Gasteiger partial charge in [-0.05, 0) is 63.3 Å². The zero-order valence-corrected chi connectivity index (χ0v) is 19.9. The second-order valence-electron chi connectivity index (χ2n) is 8.32. The molecule has 0 aliphatic rings. The highest BCUT2D eigenvalue weighted by molar-refractivity contribution is 5.77. The molecule has 3 aromatic heterocycles. The van der Waals surface area contributed by atoms with Gasteiger partial charge in [0.05, 0.1) is 6.54 Å². The van der Waals surface area contributed by atoms with Crippen LogP contribution in [0.1, 0.15) is 11.1 Å². The zero-order chi connectivity index (χ0) is 24.2. The minimum absolute atomic E-state index is 0.196. The van der Waals surface area contributed by atoms with E-state index in [2.05, 4.69) is 31.7 Å². The van der Waals surface area contributed by atoms with E-state index in [1.807, 2.05) is 58.3 Å². The summed E-state index contributed by atoms with van der Waals surface area (Å²) >= 11 is 0. The number of aromatic nitrogens is 5. The lowest BCUT2D eigenvalue weighted by Gasteiger charge is -2.16. The van der Waals surface area contributed by atoms with Gasteiger partial charge in [-0.15, -0.1) is 6.58 Å². The monoisotopic (exact) mass is 459 g/mol. The molecule has 0 saturated heterocycles. The summed E-state index contributed by atoms with van der Waals surface area (Å²) in [4.78, 5) is 28.5. The summed E-state index contributed by atoms with van der Waals surface area (Å²) in [5.74, 6) is 1.86. The van der Waals surface area contributed by atoms with Crippen LogP contribution in [0.25, 0.3) is 16.9 Å². The average molecular weight is 460 g/mol. The normalized spacial score (nSPS) is 11.2. The molecule has 1 N–H and O–H groups in total. The van der Waals surface area contributed by atoms with Gasteiger partial charge in [-0.2, -0.15) is 4.98 Å². The molecular weight excluding hydrogens is 430 g/mol. The molecule has 0 atom stereocenters. The molecule has 0 bridgehead atoms. The topological polar surface area (TPSA) is 90.1 Å². The average Bonchev–Trinajstić information content (AvgIpc) is 3.07. The molecule has 0 saturated carbocycles. The van der Waals surface area contributed by atoms with Crippen molar-refractivity contribution < 1.29 is 4.74 Å². The SMILES string of the molecule is C=CCn1c(=O)c2cnc(Nc3cc(C)c(OCCN(C)C)c(C)c3)nc2n1-c1ccccn1. The first-order valence-electron chi connectivity index (χ1n) is 11.1. The first-order chi connectivity index (χ1) is 16.4. The Labute approximate surface area is 198 Å². The second kappa shape index (κ2) is 9.88. The van der Waals surface area contributed by atoms with Gasteiger partial charge in [-0.1, -0.05) is 12.1 Å². The van der Waals surface area contributed by atoms with Crippen molar-refractivity contribution in [2.24, 2.45) is 0 Å². The Hall–Kier alpha value is -3.98. The number of fused-ring (bicyclic) bond motifs is 1. The highest BCUT2D eigenvalue weighted by atomic mass is 16.5. The van der Waals surface area contributed by atoms with E-state index in [0.717, 1.165) is 29.1 Å². The molecule has 4 rings (SSSR count). The minimum Gasteiger partial charge on any atom is -0.492 e. The lowest BCUT2D eigenvalue weighted by molar-refractivity contribution is 0.259. The van der Waals surface area contributed by atoms with Gasteiger partial charge in [0.15, 0.2) is 11.5 Å². The van der Waals surface area contributed by atoms with Crippen molar-refractivity contribution in [2.45, 2.75) is 20.4 Å². The van der Waals surface area contributed by atoms with E-state index in [-0.39, 0.29) is 5.56 Å². The molecule has 0 radical (unpaired) electrons. The third-order valence-corrected chi connectivity index (χ3v) is 5.35. The van der Waals surface area contributed by atoms with Crippen molar-refractivity contribution in [3.05, 3.63) is 76.9 Å². The first-order valence-corrected chi connectivity index (χ1v) is 11.1. The van der Waals surface area contributed by atoms with Gasteiger partial charge < -0.3 is 15.0 Å². The van der Waals surface area contributed by atoms with E-state index in [1.54, 1.807) is 27.8 Å². The highest BCUT2D eigenvalue weighted by Gasteiger charge is 2.17. The Morgan fingerprint density at radius 3 is 2.59 bits per heavy atom. The molecule has 0 aliphatic heterocycles. The number of pyridine rings is 1. The summed E-state index contributed by atoms with van der Waals surface area (Å²) < 4.78 is 9.24. The Kier molecular flexibility index (Phi) is 6.74. The number of nitrogens with one attached hydrogen (secondary N) is 1. The fourth-order valence-electron chi connectivity index (χ4n) is 3.80. The third-order valence-electron chi connectivity index (χ3n) is 5.35. The standard InChI is InChI=1S/C25H29N7O2/c1-6-11-31-24(33)20-16-27-25(29-23(20)32(31)21-9-7-8-10-26-21)28-19-14-17(2)22(18(3)15-19)34-13-12-30(4)5/h6-10,14-16H,1,11-13H2,2-5H3,(H,27,28,29). The minimum atomic E-state index is -0.196. The van der Waals surface area contributed by atoms with Crippen LogP contribution >= 0.6 is 0 Å². The third kappa shape index (κ3) is 4.69. The summed E-state index contributed by atoms with van der Waals surface area (Å²) in [6.45, 7) is 9.59. The van der Waals surface area contributed by atoms with Gasteiger partial charge in [-0.3, -0.25) is 4.79 Å². The summed E-state index contributed by atoms with van der Waals surface area (Å²) in [6.07, 6.45) is 4.89. The maximum absolute atomic E-state index is 13.0. The van der Waals surface area contributed by atoms with Crippen molar-refractivity contribution in [1.29, 1.82) is 0 Å². The molecule has 3 heterocycles. The maximum Gasteiger partial charge on any atom is 0.278 e. The van der Waals surface area contributed by atoms with E-state index in [0.29, 0.717) is 36.0 Å². The highest BCUT2D eigenvalue weighted by Crippen LogP contribution is 2.28. The number of allylic oxidation sites excluding steroid dienone is 1. The van der Waals surface area contributed by atoms with E-state index < -0.39 is 0 Å². The van der Waals surface area contributed by atoms with Crippen LogP contribution in [0.4, 0.5) is 11.6 Å². The summed E-state index contributed by atoms with van der Waals surface area (Å²) in [5.41, 5.74) is 3.15. The van der Waals surface area contributed by atoms with Gasteiger partial charge in [0.1, 0.15) is 17.7 Å². The van der Waals surface area contributed by atoms with Gasteiger partial charge in [0, 0.05) is 24.6 Å². The summed E-state index contributed by atoms with van der Waals surface area (Å²) in [6, 6.07) is 9.52. The lowest BCUT2D eigenvalue weighted by atomic mass is 10.1. The van der Waals surface area contributed by atoms with Gasteiger partial charge >= 0.3 is 0 Å². The first kappa shape index (κ1) is 23.2. The van der Waals surface area contributed by atoms with Gasteiger partial charge in [0.25, 0.3) is 5.56 Å². The Balaban J connectivity index is 1.70. The van der Waals surface area contributed by atoms with Crippen molar-refractivity contribution in [3.8, 4) is 11.6 Å². The number of ether oxygens (including phenoxy) is 1. The van der Waals surface area contributed by atoms with Crippen LogP contribution in [0.3, 0.4) is 0 Å². The quantitative estimate of drug-likeness (QED) is 0.383. The largest absolute Gasteiger partial charge is 0.492 e. The van der Waals surface area contributed by atoms with Crippen LogP contribution in [0.2, 0.25) is 0 Å². The number of nitrogens with zero attached hydrogens (tertiary/aromatic N) is 6. The molecule has 0 aliphatic carbocycles. The van der Waals surface area contributed by atoms with E-state index in [1.165, 1.54) is 0 Å². The van der Waals surface area contributed by atoms with Gasteiger partial charge in [0.2, 0.25) is 5.95 Å². The lowest BCUT2D eigenvalue weighted by Crippen LogP contribution is -2.22. The van der Waals surface area contributed by atoms with Gasteiger partial charge in [-0.25, -0.2) is 19.3 Å². The number of aryl methyl sites for hydroxylation is 2. The molecule has 1 aromatic carbocycles.